The molecule has 2 saturated heterocycles. The summed E-state index contributed by atoms with van der Waals surface area (Å²) in [5, 5.41) is 20.1. The number of aliphatic hydroxyl groups excluding tert-OH is 2. The molecule has 0 bridgehead atoms. The number of nitrogens with zero attached hydrogens (tertiary/aromatic N) is 3. The van der Waals surface area contributed by atoms with Crippen LogP contribution in [0.1, 0.15) is 5.56 Å². The second-order valence-electron chi connectivity index (χ2n) is 7.71. The first kappa shape index (κ1) is 30.5. The number of likely N-dealkylation sites (N-methyl/N-ethyl adjacent to an activating group) is 1. The van der Waals surface area contributed by atoms with Gasteiger partial charge in [-0.3, -0.25) is 4.90 Å². The highest BCUT2D eigenvalue weighted by Crippen LogP contribution is 2.32. The summed E-state index contributed by atoms with van der Waals surface area (Å²) in [5.74, 6) is 0. The van der Waals surface area contributed by atoms with Gasteiger partial charge in [0.15, 0.2) is 0 Å². The van der Waals surface area contributed by atoms with Crippen molar-refractivity contribution in [3.05, 3.63) is 29.8 Å². The molecular formula is C19H31Cl3F3N3O3. The Morgan fingerprint density at radius 3 is 2.19 bits per heavy atom. The van der Waals surface area contributed by atoms with Crippen LogP contribution in [0.5, 0.6) is 0 Å². The highest BCUT2D eigenvalue weighted by Gasteiger charge is 2.46. The smallest absolute Gasteiger partial charge is 0.394 e. The van der Waals surface area contributed by atoms with E-state index in [4.69, 9.17) is 4.74 Å². The Bertz CT molecular complexity index is 665. The van der Waals surface area contributed by atoms with Gasteiger partial charge in [0.05, 0.1) is 24.3 Å². The van der Waals surface area contributed by atoms with E-state index in [9.17, 15) is 23.4 Å². The molecule has 182 valence electrons. The molecule has 12 heteroatoms. The van der Waals surface area contributed by atoms with Crippen molar-refractivity contribution in [2.45, 2.75) is 30.5 Å². The Balaban J connectivity index is 0.00000300. The van der Waals surface area contributed by atoms with E-state index in [0.717, 1.165) is 6.07 Å². The van der Waals surface area contributed by atoms with Crippen molar-refractivity contribution >= 4 is 42.9 Å². The number of hydrogen-bond donors (Lipinski definition) is 2. The minimum Gasteiger partial charge on any atom is -0.394 e. The summed E-state index contributed by atoms with van der Waals surface area (Å²) in [7, 11) is 3.84. The van der Waals surface area contributed by atoms with E-state index in [2.05, 4.69) is 4.90 Å². The van der Waals surface area contributed by atoms with Gasteiger partial charge < -0.3 is 24.7 Å². The summed E-state index contributed by atoms with van der Waals surface area (Å²) in [6, 6.07) is 5.13. The van der Waals surface area contributed by atoms with Gasteiger partial charge >= 0.3 is 6.18 Å². The molecule has 0 radical (unpaired) electrons. The summed E-state index contributed by atoms with van der Waals surface area (Å²) >= 11 is 0. The van der Waals surface area contributed by atoms with Gasteiger partial charge in [-0.15, -0.1) is 37.2 Å². The van der Waals surface area contributed by atoms with Crippen molar-refractivity contribution < 1.29 is 28.1 Å². The zero-order valence-electron chi connectivity index (χ0n) is 17.4. The van der Waals surface area contributed by atoms with Gasteiger partial charge in [0.25, 0.3) is 0 Å². The Labute approximate surface area is 199 Å². The number of rotatable bonds is 5. The van der Waals surface area contributed by atoms with Gasteiger partial charge in [0.1, 0.15) is 12.2 Å². The normalized spacial score (nSPS) is 26.8. The highest BCUT2D eigenvalue weighted by molar-refractivity contribution is 5.86. The Kier molecular flexibility index (Phi) is 12.4. The maximum atomic E-state index is 13.0. The van der Waals surface area contributed by atoms with Crippen molar-refractivity contribution in [2.24, 2.45) is 0 Å². The molecule has 0 aromatic heterocycles. The number of anilines is 1. The molecule has 4 atom stereocenters. The molecule has 1 aromatic rings. The zero-order valence-corrected chi connectivity index (χ0v) is 19.8. The van der Waals surface area contributed by atoms with Gasteiger partial charge in [-0.1, -0.05) is 6.07 Å². The Hall–Kier alpha value is -0.520. The van der Waals surface area contributed by atoms with Crippen molar-refractivity contribution in [3.8, 4) is 0 Å². The van der Waals surface area contributed by atoms with Crippen molar-refractivity contribution in [2.75, 3.05) is 58.3 Å². The van der Waals surface area contributed by atoms with E-state index < -0.39 is 23.9 Å². The number of piperazine rings is 1. The highest BCUT2D eigenvalue weighted by atomic mass is 35.5. The van der Waals surface area contributed by atoms with Crippen molar-refractivity contribution in [1.82, 2.24) is 9.80 Å². The Morgan fingerprint density at radius 1 is 1.06 bits per heavy atom. The second kappa shape index (κ2) is 12.6. The molecule has 0 spiro atoms. The fourth-order valence-corrected chi connectivity index (χ4v) is 4.10. The Morgan fingerprint density at radius 2 is 1.68 bits per heavy atom. The van der Waals surface area contributed by atoms with E-state index in [1.807, 2.05) is 23.9 Å². The van der Waals surface area contributed by atoms with Crippen molar-refractivity contribution in [1.29, 1.82) is 0 Å². The minimum atomic E-state index is -4.36. The van der Waals surface area contributed by atoms with Crippen LogP contribution in [0.2, 0.25) is 0 Å². The lowest BCUT2D eigenvalue weighted by Gasteiger charge is -2.41. The van der Waals surface area contributed by atoms with E-state index in [1.54, 1.807) is 6.07 Å². The molecule has 0 amide bonds. The average molecular weight is 513 g/mol. The van der Waals surface area contributed by atoms with Gasteiger partial charge in [-0.05, 0) is 32.3 Å². The number of halogens is 6. The molecule has 0 saturated carbocycles. The maximum absolute atomic E-state index is 13.0. The van der Waals surface area contributed by atoms with Gasteiger partial charge in [0, 0.05) is 38.4 Å². The lowest BCUT2D eigenvalue weighted by molar-refractivity contribution is -0.137. The first-order valence-corrected chi connectivity index (χ1v) is 9.46. The van der Waals surface area contributed by atoms with Crippen LogP contribution in [0, 0.1) is 0 Å². The quantitative estimate of drug-likeness (QED) is 0.631. The molecular weight excluding hydrogens is 482 g/mol. The van der Waals surface area contributed by atoms with E-state index in [0.29, 0.717) is 38.4 Å². The van der Waals surface area contributed by atoms with E-state index >= 15 is 0 Å². The molecule has 0 aliphatic carbocycles. The monoisotopic (exact) mass is 511 g/mol. The molecule has 1 aromatic carbocycles. The standard InChI is InChI=1S/C19H28F3N3O3.3ClH/c1-23(2)11-15-17(18(27)16(12-26)28-15)25-8-6-24(7-9-25)14-5-3-4-13(10-14)19(20,21)22;;;/h3-5,10,15-18,26-27H,6-9,11-12H2,1-2H3;3*1H/t15-,16+,17+,18-;;;/m1.../s1. The molecule has 0 unspecified atom stereocenters. The van der Waals surface area contributed by atoms with Crippen LogP contribution in [-0.2, 0) is 10.9 Å². The zero-order chi connectivity index (χ0) is 20.5. The molecule has 31 heavy (non-hydrogen) atoms. The van der Waals surface area contributed by atoms with E-state index in [1.165, 1.54) is 12.1 Å². The first-order valence-electron chi connectivity index (χ1n) is 9.46. The number of ether oxygens (including phenoxy) is 1. The molecule has 2 fully saturated rings. The summed E-state index contributed by atoms with van der Waals surface area (Å²) < 4.78 is 44.7. The number of alkyl halides is 3. The third-order valence-electron chi connectivity index (χ3n) is 5.46. The number of hydrogen-bond acceptors (Lipinski definition) is 6. The fourth-order valence-electron chi connectivity index (χ4n) is 4.10. The van der Waals surface area contributed by atoms with Gasteiger partial charge in [0.2, 0.25) is 0 Å². The van der Waals surface area contributed by atoms with Crippen LogP contribution in [0.3, 0.4) is 0 Å². The number of aliphatic hydroxyl groups is 2. The predicted molar refractivity (Wildman–Crippen MR) is 121 cm³/mol. The predicted octanol–water partition coefficient (Wildman–Crippen LogP) is 2.14. The molecule has 2 heterocycles. The summed E-state index contributed by atoms with van der Waals surface area (Å²) in [5.41, 5.74) is -0.0975. The summed E-state index contributed by atoms with van der Waals surface area (Å²) in [4.78, 5) is 6.03. The lowest BCUT2D eigenvalue weighted by atomic mass is 10.0. The summed E-state index contributed by atoms with van der Waals surface area (Å²) in [6.45, 7) is 2.69. The van der Waals surface area contributed by atoms with Crippen molar-refractivity contribution in [3.63, 3.8) is 0 Å². The van der Waals surface area contributed by atoms with Crippen LogP contribution >= 0.6 is 37.2 Å². The molecule has 3 rings (SSSR count). The summed E-state index contributed by atoms with van der Waals surface area (Å²) in [6.07, 6.45) is -6.00. The molecule has 2 aliphatic heterocycles. The van der Waals surface area contributed by atoms with Gasteiger partial charge in [-0.2, -0.15) is 13.2 Å². The van der Waals surface area contributed by atoms with Crippen LogP contribution in [0.15, 0.2) is 24.3 Å². The van der Waals surface area contributed by atoms with Crippen LogP contribution in [-0.4, -0.2) is 97.8 Å². The van der Waals surface area contributed by atoms with Crippen LogP contribution in [0.25, 0.3) is 0 Å². The number of benzene rings is 1. The molecule has 2 aliphatic rings. The topological polar surface area (TPSA) is 59.4 Å². The van der Waals surface area contributed by atoms with Crippen LogP contribution < -0.4 is 4.90 Å². The van der Waals surface area contributed by atoms with E-state index in [-0.39, 0.29) is 56.0 Å². The fraction of sp³-hybridized carbons (Fsp3) is 0.684. The average Bonchev–Trinajstić information content (AvgIpc) is 2.96. The molecule has 2 N–H and O–H groups in total. The third-order valence-corrected chi connectivity index (χ3v) is 5.46. The second-order valence-corrected chi connectivity index (χ2v) is 7.71. The third kappa shape index (κ3) is 7.23. The maximum Gasteiger partial charge on any atom is 0.416 e. The first-order chi connectivity index (χ1) is 13.2. The largest absolute Gasteiger partial charge is 0.416 e. The SMILES string of the molecule is CN(C)C[C@H]1O[C@@H](CO)[C@@H](O)[C@H]1N1CCN(c2cccc(C(F)(F)F)c2)CC1.Cl.Cl.Cl. The minimum absolute atomic E-state index is 0. The lowest BCUT2D eigenvalue weighted by Crippen LogP contribution is -2.57. The van der Waals surface area contributed by atoms with Gasteiger partial charge in [-0.25, -0.2) is 0 Å². The van der Waals surface area contributed by atoms with Crippen LogP contribution in [0.4, 0.5) is 18.9 Å². The molecule has 6 nitrogen and oxygen atoms in total.